The van der Waals surface area contributed by atoms with Crippen LogP contribution in [0.25, 0.3) is 0 Å². The average Bonchev–Trinajstić information content (AvgIpc) is 2.79. The van der Waals surface area contributed by atoms with E-state index in [1.54, 1.807) is 12.1 Å². The number of nitro benzene ring substituents is 1. The number of nitro groups is 1. The van der Waals surface area contributed by atoms with E-state index in [1.165, 1.54) is 30.3 Å². The van der Waals surface area contributed by atoms with Crippen molar-refractivity contribution in [2.45, 2.75) is 12.8 Å². The number of amides is 1. The number of azo groups is 1. The van der Waals surface area contributed by atoms with E-state index in [9.17, 15) is 24.4 Å². The zero-order chi connectivity index (χ0) is 23.5. The Labute approximate surface area is 188 Å². The van der Waals surface area contributed by atoms with Crippen molar-refractivity contribution in [2.75, 3.05) is 23.8 Å². The summed E-state index contributed by atoms with van der Waals surface area (Å²) in [6.07, 6.45) is 1.77. The number of carbonyl (C=O) groups excluding carboxylic acids is 1. The number of carbonyl (C=O) groups is 1. The fourth-order valence-electron chi connectivity index (χ4n) is 3.59. The number of fused-ring (bicyclic) bond motifs is 1. The molecule has 10 heteroatoms. The molecule has 1 amide bonds. The number of hydrogen-bond acceptors (Lipinski definition) is 7. The SMILES string of the molecule is CN1CCCc2cc(N=Nc3cc([N+](=O)[O-])ccc3O)c(NC(=O)c3ccc(F)cc3)cc21. The number of nitrogens with zero attached hydrogens (tertiary/aromatic N) is 4. The van der Waals surface area contributed by atoms with Crippen LogP contribution in [-0.2, 0) is 6.42 Å². The van der Waals surface area contributed by atoms with Crippen molar-refractivity contribution >= 4 is 34.3 Å². The molecule has 1 aliphatic rings. The van der Waals surface area contributed by atoms with Gasteiger partial charge in [-0.1, -0.05) is 0 Å². The second-order valence-corrected chi connectivity index (χ2v) is 7.61. The Balaban J connectivity index is 1.73. The molecule has 4 rings (SSSR count). The van der Waals surface area contributed by atoms with Crippen LogP contribution in [-0.4, -0.2) is 29.5 Å². The highest BCUT2D eigenvalue weighted by Gasteiger charge is 2.19. The summed E-state index contributed by atoms with van der Waals surface area (Å²) in [6.45, 7) is 0.862. The molecule has 168 valence electrons. The predicted octanol–water partition coefficient (Wildman–Crippen LogP) is 5.49. The van der Waals surface area contributed by atoms with E-state index in [0.717, 1.165) is 42.8 Å². The Kier molecular flexibility index (Phi) is 5.99. The second-order valence-electron chi connectivity index (χ2n) is 7.61. The summed E-state index contributed by atoms with van der Waals surface area (Å²) < 4.78 is 13.2. The van der Waals surface area contributed by atoms with E-state index >= 15 is 0 Å². The van der Waals surface area contributed by atoms with Crippen molar-refractivity contribution in [3.63, 3.8) is 0 Å². The van der Waals surface area contributed by atoms with Gasteiger partial charge in [-0.25, -0.2) is 4.39 Å². The van der Waals surface area contributed by atoms with Crippen molar-refractivity contribution in [3.8, 4) is 5.75 Å². The van der Waals surface area contributed by atoms with Crippen LogP contribution in [0.15, 0.2) is 64.8 Å². The maximum Gasteiger partial charge on any atom is 0.271 e. The Hall–Kier alpha value is -4.34. The van der Waals surface area contributed by atoms with Gasteiger partial charge in [-0.3, -0.25) is 14.9 Å². The summed E-state index contributed by atoms with van der Waals surface area (Å²) >= 11 is 0. The molecular formula is C23H20FN5O4. The third-order valence-electron chi connectivity index (χ3n) is 5.34. The molecule has 0 aliphatic carbocycles. The van der Waals surface area contributed by atoms with Crippen LogP contribution in [0.1, 0.15) is 22.3 Å². The lowest BCUT2D eigenvalue weighted by Crippen LogP contribution is -2.25. The lowest BCUT2D eigenvalue weighted by molar-refractivity contribution is -0.384. The lowest BCUT2D eigenvalue weighted by atomic mass is 10.0. The molecule has 0 spiro atoms. The fraction of sp³-hybridized carbons (Fsp3) is 0.174. The number of nitrogens with one attached hydrogen (secondary N) is 1. The number of anilines is 2. The van der Waals surface area contributed by atoms with Gasteiger partial charge in [0.2, 0.25) is 0 Å². The third-order valence-corrected chi connectivity index (χ3v) is 5.34. The second kappa shape index (κ2) is 9.03. The Morgan fingerprint density at radius 1 is 1.12 bits per heavy atom. The summed E-state index contributed by atoms with van der Waals surface area (Å²) in [5.74, 6) is -1.17. The maximum atomic E-state index is 13.2. The minimum absolute atomic E-state index is 0.0742. The molecule has 0 atom stereocenters. The molecule has 0 bridgehead atoms. The molecule has 3 aromatic carbocycles. The van der Waals surface area contributed by atoms with E-state index < -0.39 is 16.6 Å². The molecule has 0 radical (unpaired) electrons. The van der Waals surface area contributed by atoms with Gasteiger partial charge in [-0.05, 0) is 60.9 Å². The first-order valence-electron chi connectivity index (χ1n) is 10.2. The van der Waals surface area contributed by atoms with E-state index in [1.807, 2.05) is 7.05 Å². The molecule has 1 heterocycles. The topological polar surface area (TPSA) is 120 Å². The Morgan fingerprint density at radius 2 is 1.85 bits per heavy atom. The van der Waals surface area contributed by atoms with Crippen LogP contribution in [0.3, 0.4) is 0 Å². The standard InChI is InChI=1S/C23H20FN5O4/c1-28-10-2-3-15-11-19(26-27-20-12-17(29(32)33)8-9-22(20)30)18(13-21(15)28)25-23(31)14-4-6-16(24)7-5-14/h4-9,11-13,30H,2-3,10H2,1H3,(H,25,31). The summed E-state index contributed by atoms with van der Waals surface area (Å²) in [7, 11) is 1.95. The molecular weight excluding hydrogens is 429 g/mol. The molecule has 1 aliphatic heterocycles. The maximum absolute atomic E-state index is 13.2. The van der Waals surface area contributed by atoms with Gasteiger partial charge >= 0.3 is 0 Å². The number of non-ortho nitro benzene ring substituents is 1. The zero-order valence-electron chi connectivity index (χ0n) is 17.7. The van der Waals surface area contributed by atoms with Gasteiger partial charge in [0.05, 0.1) is 10.6 Å². The summed E-state index contributed by atoms with van der Waals surface area (Å²) in [5.41, 5.74) is 2.60. The monoisotopic (exact) mass is 449 g/mol. The molecule has 2 N–H and O–H groups in total. The number of rotatable bonds is 5. The first-order valence-corrected chi connectivity index (χ1v) is 10.2. The first kappa shape index (κ1) is 21.9. The average molecular weight is 449 g/mol. The molecule has 0 saturated carbocycles. The number of hydrogen-bond donors (Lipinski definition) is 2. The van der Waals surface area contributed by atoms with Crippen LogP contribution < -0.4 is 10.2 Å². The highest BCUT2D eigenvalue weighted by atomic mass is 19.1. The van der Waals surface area contributed by atoms with Gasteiger partial charge < -0.3 is 15.3 Å². The fourth-order valence-corrected chi connectivity index (χ4v) is 3.59. The number of aryl methyl sites for hydroxylation is 1. The number of aromatic hydroxyl groups is 1. The summed E-state index contributed by atoms with van der Waals surface area (Å²) in [6, 6.07) is 12.2. The molecule has 0 fully saturated rings. The van der Waals surface area contributed by atoms with Crippen LogP contribution in [0.5, 0.6) is 5.75 Å². The zero-order valence-corrected chi connectivity index (χ0v) is 17.7. The largest absolute Gasteiger partial charge is 0.506 e. The van der Waals surface area contributed by atoms with Crippen molar-refractivity contribution in [1.29, 1.82) is 0 Å². The normalized spacial score (nSPS) is 13.1. The summed E-state index contributed by atoms with van der Waals surface area (Å²) in [4.78, 5) is 25.3. The van der Waals surface area contributed by atoms with Gasteiger partial charge in [0.25, 0.3) is 11.6 Å². The van der Waals surface area contributed by atoms with E-state index in [-0.39, 0.29) is 22.7 Å². The summed E-state index contributed by atoms with van der Waals surface area (Å²) in [5, 5.41) is 32.0. The van der Waals surface area contributed by atoms with E-state index in [4.69, 9.17) is 0 Å². The smallest absolute Gasteiger partial charge is 0.271 e. The number of phenols is 1. The van der Waals surface area contributed by atoms with Crippen LogP contribution in [0.2, 0.25) is 0 Å². The minimum atomic E-state index is -0.596. The van der Waals surface area contributed by atoms with Crippen molar-refractivity contribution in [1.82, 2.24) is 0 Å². The molecule has 0 saturated heterocycles. The van der Waals surface area contributed by atoms with Crippen molar-refractivity contribution < 1.29 is 19.2 Å². The highest BCUT2D eigenvalue weighted by Crippen LogP contribution is 2.38. The quantitative estimate of drug-likeness (QED) is 0.303. The third kappa shape index (κ3) is 4.79. The van der Waals surface area contributed by atoms with Crippen LogP contribution in [0, 0.1) is 15.9 Å². The predicted molar refractivity (Wildman–Crippen MR) is 121 cm³/mol. The number of halogens is 1. The van der Waals surface area contributed by atoms with Gasteiger partial charge in [-0.2, -0.15) is 0 Å². The number of benzene rings is 3. The van der Waals surface area contributed by atoms with Crippen LogP contribution >= 0.6 is 0 Å². The van der Waals surface area contributed by atoms with Crippen molar-refractivity contribution in [3.05, 3.63) is 81.7 Å². The van der Waals surface area contributed by atoms with Crippen molar-refractivity contribution in [2.24, 2.45) is 10.2 Å². The van der Waals surface area contributed by atoms with Gasteiger partial charge in [0.15, 0.2) is 0 Å². The first-order chi connectivity index (χ1) is 15.8. The van der Waals surface area contributed by atoms with Gasteiger partial charge in [-0.15, -0.1) is 10.2 Å². The van der Waals surface area contributed by atoms with Crippen LogP contribution in [0.4, 0.5) is 32.8 Å². The molecule has 33 heavy (non-hydrogen) atoms. The molecule has 9 nitrogen and oxygen atoms in total. The highest BCUT2D eigenvalue weighted by molar-refractivity contribution is 6.06. The van der Waals surface area contributed by atoms with Gasteiger partial charge in [0.1, 0.15) is 22.9 Å². The Bertz CT molecular complexity index is 1260. The number of phenolic OH excluding ortho intramolecular Hbond substituents is 1. The molecule has 0 aromatic heterocycles. The van der Waals surface area contributed by atoms with Gasteiger partial charge in [0, 0.05) is 37.0 Å². The molecule has 0 unspecified atom stereocenters. The van der Waals surface area contributed by atoms with E-state index in [2.05, 4.69) is 20.4 Å². The minimum Gasteiger partial charge on any atom is -0.506 e. The lowest BCUT2D eigenvalue weighted by Gasteiger charge is -2.28. The molecule has 3 aromatic rings. The Morgan fingerprint density at radius 3 is 2.58 bits per heavy atom. The van der Waals surface area contributed by atoms with E-state index in [0.29, 0.717) is 11.4 Å².